The molecule has 0 unspecified atom stereocenters. The van der Waals surface area contributed by atoms with Crippen molar-refractivity contribution in [2.24, 2.45) is 14.1 Å². The second-order valence-corrected chi connectivity index (χ2v) is 7.99. The number of hydrogen-bond donors (Lipinski definition) is 0. The van der Waals surface area contributed by atoms with Crippen LogP contribution in [0.5, 0.6) is 5.75 Å². The molecule has 0 amide bonds. The minimum absolute atomic E-state index is 0.335. The highest BCUT2D eigenvalue weighted by atomic mass is 35.5. The van der Waals surface area contributed by atoms with Crippen LogP contribution in [0.1, 0.15) is 5.56 Å². The zero-order chi connectivity index (χ0) is 22.6. The first-order valence-corrected chi connectivity index (χ1v) is 10.3. The molecule has 2 aromatic carbocycles. The van der Waals surface area contributed by atoms with E-state index in [-0.39, 0.29) is 0 Å². The standard InChI is InChI=1S/C23H20ClN5O3/c1-26-20-19(21(30)27(2)23(26)31)29-13-18(14-8-10-16(32-3)11-9-14)28(22(29)25-20)12-15-6-4-5-7-17(15)24/h4-11,13H,12H2,1-3H3. The SMILES string of the molecule is COc1ccc(-c2cn3c4c(=O)n(C)c(=O)n(C)c4nc3n2Cc2ccccc2Cl)cc1. The van der Waals surface area contributed by atoms with Gasteiger partial charge in [-0.05, 0) is 35.9 Å². The highest BCUT2D eigenvalue weighted by molar-refractivity contribution is 6.31. The molecule has 0 aliphatic carbocycles. The summed E-state index contributed by atoms with van der Waals surface area (Å²) < 4.78 is 11.5. The number of ether oxygens (including phenoxy) is 1. The molecule has 0 spiro atoms. The van der Waals surface area contributed by atoms with Gasteiger partial charge in [-0.3, -0.25) is 18.3 Å². The summed E-state index contributed by atoms with van der Waals surface area (Å²) in [5, 5.41) is 0.638. The predicted octanol–water partition coefficient (Wildman–Crippen LogP) is 3.06. The largest absolute Gasteiger partial charge is 0.497 e. The normalized spacial score (nSPS) is 11.5. The van der Waals surface area contributed by atoms with Gasteiger partial charge in [0.1, 0.15) is 5.75 Å². The van der Waals surface area contributed by atoms with Gasteiger partial charge in [-0.25, -0.2) is 4.79 Å². The molecule has 0 aliphatic rings. The first-order chi connectivity index (χ1) is 15.4. The fourth-order valence-electron chi connectivity index (χ4n) is 3.96. The lowest BCUT2D eigenvalue weighted by molar-refractivity contribution is 0.415. The number of rotatable bonds is 4. The number of aryl methyl sites for hydroxylation is 1. The summed E-state index contributed by atoms with van der Waals surface area (Å²) in [7, 11) is 4.70. The molecule has 5 rings (SSSR count). The molecule has 0 saturated carbocycles. The zero-order valence-corrected chi connectivity index (χ0v) is 18.5. The van der Waals surface area contributed by atoms with Crippen molar-refractivity contribution in [3.8, 4) is 17.0 Å². The number of hydrogen-bond acceptors (Lipinski definition) is 4. The van der Waals surface area contributed by atoms with Crippen LogP contribution in [0.2, 0.25) is 5.02 Å². The van der Waals surface area contributed by atoms with Crippen molar-refractivity contribution in [3.63, 3.8) is 0 Å². The van der Waals surface area contributed by atoms with Crippen LogP contribution in [0.4, 0.5) is 0 Å². The third-order valence-electron chi connectivity index (χ3n) is 5.73. The third kappa shape index (κ3) is 2.95. The number of imidazole rings is 2. The van der Waals surface area contributed by atoms with E-state index >= 15 is 0 Å². The molecule has 0 N–H and O–H groups in total. The number of nitrogens with zero attached hydrogens (tertiary/aromatic N) is 5. The number of aromatic nitrogens is 5. The zero-order valence-electron chi connectivity index (χ0n) is 17.7. The molecular weight excluding hydrogens is 430 g/mol. The van der Waals surface area contributed by atoms with Gasteiger partial charge in [0, 0.05) is 30.9 Å². The van der Waals surface area contributed by atoms with Gasteiger partial charge in [0.05, 0.1) is 19.3 Å². The van der Waals surface area contributed by atoms with Crippen LogP contribution in [0, 0.1) is 0 Å². The van der Waals surface area contributed by atoms with E-state index in [1.165, 1.54) is 11.6 Å². The van der Waals surface area contributed by atoms with E-state index in [4.69, 9.17) is 21.3 Å². The lowest BCUT2D eigenvalue weighted by Gasteiger charge is -2.11. The summed E-state index contributed by atoms with van der Waals surface area (Å²) in [6, 6.07) is 15.3. The number of methoxy groups -OCH3 is 1. The highest BCUT2D eigenvalue weighted by Crippen LogP contribution is 2.29. The maximum absolute atomic E-state index is 13.0. The van der Waals surface area contributed by atoms with Crippen molar-refractivity contribution in [1.29, 1.82) is 0 Å². The van der Waals surface area contributed by atoms with Gasteiger partial charge in [0.2, 0.25) is 5.78 Å². The fraction of sp³-hybridized carbons (Fsp3) is 0.174. The molecule has 3 aromatic heterocycles. The first kappa shape index (κ1) is 20.1. The number of halogens is 1. The van der Waals surface area contributed by atoms with Crippen molar-refractivity contribution in [3.05, 3.63) is 86.2 Å². The van der Waals surface area contributed by atoms with Gasteiger partial charge in [0.15, 0.2) is 11.2 Å². The van der Waals surface area contributed by atoms with E-state index < -0.39 is 11.2 Å². The van der Waals surface area contributed by atoms with Crippen LogP contribution in [0.25, 0.3) is 28.2 Å². The van der Waals surface area contributed by atoms with E-state index in [9.17, 15) is 9.59 Å². The van der Waals surface area contributed by atoms with Crippen LogP contribution >= 0.6 is 11.6 Å². The summed E-state index contributed by atoms with van der Waals surface area (Å²) in [6.07, 6.45) is 1.87. The Hall–Kier alpha value is -3.78. The van der Waals surface area contributed by atoms with Crippen molar-refractivity contribution < 1.29 is 4.74 Å². The summed E-state index contributed by atoms with van der Waals surface area (Å²) in [6.45, 7) is 0.440. The van der Waals surface area contributed by atoms with Crippen molar-refractivity contribution in [2.45, 2.75) is 6.54 Å². The number of benzene rings is 2. The second kappa shape index (κ2) is 7.42. The van der Waals surface area contributed by atoms with E-state index in [1.807, 2.05) is 59.3 Å². The Morgan fingerprint density at radius 3 is 2.41 bits per heavy atom. The topological polar surface area (TPSA) is 75.5 Å². The van der Waals surface area contributed by atoms with Crippen molar-refractivity contribution >= 4 is 28.5 Å². The molecule has 0 bridgehead atoms. The molecule has 0 fully saturated rings. The molecule has 0 atom stereocenters. The second-order valence-electron chi connectivity index (χ2n) is 7.58. The average molecular weight is 450 g/mol. The summed E-state index contributed by atoms with van der Waals surface area (Å²) in [5.74, 6) is 1.29. The monoisotopic (exact) mass is 449 g/mol. The van der Waals surface area contributed by atoms with E-state index in [0.717, 1.165) is 27.1 Å². The number of fused-ring (bicyclic) bond motifs is 3. The Bertz CT molecular complexity index is 1610. The third-order valence-corrected chi connectivity index (χ3v) is 6.10. The molecule has 0 saturated heterocycles. The maximum atomic E-state index is 13.0. The molecule has 3 heterocycles. The summed E-state index contributed by atoms with van der Waals surface area (Å²) >= 11 is 6.45. The van der Waals surface area contributed by atoms with Gasteiger partial charge in [0.25, 0.3) is 5.56 Å². The molecule has 9 heteroatoms. The van der Waals surface area contributed by atoms with Crippen molar-refractivity contribution in [1.82, 2.24) is 23.1 Å². The van der Waals surface area contributed by atoms with Crippen LogP contribution in [0.15, 0.2) is 64.3 Å². The highest BCUT2D eigenvalue weighted by Gasteiger charge is 2.21. The molecule has 0 radical (unpaired) electrons. The van der Waals surface area contributed by atoms with E-state index in [2.05, 4.69) is 0 Å². The van der Waals surface area contributed by atoms with Gasteiger partial charge < -0.3 is 9.30 Å². The Balaban J connectivity index is 1.84. The lowest BCUT2D eigenvalue weighted by Crippen LogP contribution is -2.37. The van der Waals surface area contributed by atoms with Gasteiger partial charge in [-0.2, -0.15) is 4.98 Å². The van der Waals surface area contributed by atoms with Gasteiger partial charge in [-0.1, -0.05) is 29.8 Å². The Morgan fingerprint density at radius 1 is 1.00 bits per heavy atom. The predicted molar refractivity (Wildman–Crippen MR) is 124 cm³/mol. The molecule has 162 valence electrons. The van der Waals surface area contributed by atoms with Crippen molar-refractivity contribution in [2.75, 3.05) is 7.11 Å². The summed E-state index contributed by atoms with van der Waals surface area (Å²) in [5.41, 5.74) is 2.56. The van der Waals surface area contributed by atoms with E-state index in [1.54, 1.807) is 18.6 Å². The fourth-order valence-corrected chi connectivity index (χ4v) is 4.16. The van der Waals surface area contributed by atoms with Crippen LogP contribution in [0.3, 0.4) is 0 Å². The van der Waals surface area contributed by atoms with Crippen LogP contribution < -0.4 is 16.0 Å². The minimum Gasteiger partial charge on any atom is -0.497 e. The molecule has 5 aromatic rings. The molecule has 32 heavy (non-hydrogen) atoms. The summed E-state index contributed by atoms with van der Waals surface area (Å²) in [4.78, 5) is 30.1. The maximum Gasteiger partial charge on any atom is 0.332 e. The van der Waals surface area contributed by atoms with Crippen LogP contribution in [-0.4, -0.2) is 30.2 Å². The minimum atomic E-state index is -0.420. The Morgan fingerprint density at radius 2 is 1.72 bits per heavy atom. The van der Waals surface area contributed by atoms with E-state index in [0.29, 0.717) is 28.5 Å². The van der Waals surface area contributed by atoms with Crippen LogP contribution in [-0.2, 0) is 20.6 Å². The molecule has 8 nitrogen and oxygen atoms in total. The van der Waals surface area contributed by atoms with Gasteiger partial charge in [-0.15, -0.1) is 0 Å². The lowest BCUT2D eigenvalue weighted by atomic mass is 10.1. The molecule has 0 aliphatic heterocycles. The Labute approximate surface area is 187 Å². The average Bonchev–Trinajstić information content (AvgIpc) is 3.35. The Kier molecular flexibility index (Phi) is 4.67. The molecular formula is C23H20ClN5O3. The smallest absolute Gasteiger partial charge is 0.332 e. The quantitative estimate of drug-likeness (QED) is 0.422. The van der Waals surface area contributed by atoms with Gasteiger partial charge >= 0.3 is 5.69 Å². The first-order valence-electron chi connectivity index (χ1n) is 9.96.